The Hall–Kier alpha value is -0.590. The average Bonchev–Trinajstić information content (AvgIpc) is 2.45. The Labute approximate surface area is 127 Å². The van der Waals surface area contributed by atoms with Gasteiger partial charge in [-0.1, -0.05) is 84.1 Å². The highest BCUT2D eigenvalue weighted by molar-refractivity contribution is 5.89. The highest BCUT2D eigenvalue weighted by Crippen LogP contribution is 2.10. The van der Waals surface area contributed by atoms with Crippen LogP contribution in [0.5, 0.6) is 0 Å². The first-order chi connectivity index (χ1) is 9.81. The summed E-state index contributed by atoms with van der Waals surface area (Å²) in [6, 6.07) is 0. The van der Waals surface area contributed by atoms with Crippen molar-refractivity contribution in [1.29, 1.82) is 0 Å². The molecule has 0 bridgehead atoms. The van der Waals surface area contributed by atoms with Crippen molar-refractivity contribution in [3.8, 4) is 0 Å². The SMILES string of the molecule is CCCCCC/C=C\C(=O)CCCCCCCCCC. The maximum absolute atomic E-state index is 11.6. The Kier molecular flexibility index (Phi) is 16.0. The summed E-state index contributed by atoms with van der Waals surface area (Å²) in [5, 5.41) is 0. The van der Waals surface area contributed by atoms with Gasteiger partial charge >= 0.3 is 0 Å². The van der Waals surface area contributed by atoms with E-state index < -0.39 is 0 Å². The van der Waals surface area contributed by atoms with E-state index in [0.29, 0.717) is 5.78 Å². The molecule has 0 radical (unpaired) electrons. The molecular weight excluding hydrogens is 244 g/mol. The van der Waals surface area contributed by atoms with Crippen LogP contribution in [0.3, 0.4) is 0 Å². The van der Waals surface area contributed by atoms with Crippen LogP contribution in [0.1, 0.15) is 104 Å². The summed E-state index contributed by atoms with van der Waals surface area (Å²) in [5.41, 5.74) is 0. The van der Waals surface area contributed by atoms with Gasteiger partial charge in [0.1, 0.15) is 0 Å². The van der Waals surface area contributed by atoms with Gasteiger partial charge in [0.15, 0.2) is 5.78 Å². The van der Waals surface area contributed by atoms with Crippen molar-refractivity contribution in [1.82, 2.24) is 0 Å². The molecule has 20 heavy (non-hydrogen) atoms. The zero-order valence-corrected chi connectivity index (χ0v) is 14.0. The second kappa shape index (κ2) is 16.5. The van der Waals surface area contributed by atoms with Crippen LogP contribution in [0, 0.1) is 0 Å². The molecule has 0 fully saturated rings. The lowest BCUT2D eigenvalue weighted by atomic mass is 10.1. The van der Waals surface area contributed by atoms with Gasteiger partial charge in [0.2, 0.25) is 0 Å². The fraction of sp³-hybridized carbons (Fsp3) is 0.842. The molecule has 1 nitrogen and oxygen atoms in total. The molecule has 0 aliphatic carbocycles. The molecule has 0 saturated carbocycles. The monoisotopic (exact) mass is 280 g/mol. The van der Waals surface area contributed by atoms with Crippen molar-refractivity contribution in [3.05, 3.63) is 12.2 Å². The lowest BCUT2D eigenvalue weighted by Crippen LogP contribution is -1.92. The minimum absolute atomic E-state index is 0.325. The molecule has 0 heterocycles. The quantitative estimate of drug-likeness (QED) is 0.243. The van der Waals surface area contributed by atoms with Crippen molar-refractivity contribution < 1.29 is 4.79 Å². The van der Waals surface area contributed by atoms with Crippen LogP contribution >= 0.6 is 0 Å². The molecule has 0 spiro atoms. The van der Waals surface area contributed by atoms with Crippen molar-refractivity contribution in [2.45, 2.75) is 104 Å². The molecule has 0 aromatic carbocycles. The predicted molar refractivity (Wildman–Crippen MR) is 90.1 cm³/mol. The van der Waals surface area contributed by atoms with Gasteiger partial charge in [-0.15, -0.1) is 0 Å². The van der Waals surface area contributed by atoms with E-state index in [2.05, 4.69) is 19.9 Å². The Bertz CT molecular complexity index is 230. The summed E-state index contributed by atoms with van der Waals surface area (Å²) in [6.45, 7) is 4.48. The lowest BCUT2D eigenvalue weighted by Gasteiger charge is -2.00. The fourth-order valence-corrected chi connectivity index (χ4v) is 2.42. The molecule has 0 rings (SSSR count). The van der Waals surface area contributed by atoms with Gasteiger partial charge < -0.3 is 0 Å². The van der Waals surface area contributed by atoms with Gasteiger partial charge in [0.25, 0.3) is 0 Å². The summed E-state index contributed by atoms with van der Waals surface area (Å²) in [4.78, 5) is 11.6. The third-order valence-corrected chi connectivity index (χ3v) is 3.80. The molecule has 0 N–H and O–H groups in total. The van der Waals surface area contributed by atoms with E-state index in [1.807, 2.05) is 6.08 Å². The zero-order chi connectivity index (χ0) is 14.9. The summed E-state index contributed by atoms with van der Waals surface area (Å²) in [5.74, 6) is 0.325. The number of carbonyl (C=O) groups is 1. The first kappa shape index (κ1) is 19.4. The standard InChI is InChI=1S/C19H36O/c1-3-5-7-9-11-12-14-16-18-19(20)17-15-13-10-8-6-4-2/h15,17H,3-14,16,18H2,1-2H3/b17-15-. The number of unbranched alkanes of at least 4 members (excludes halogenated alkanes) is 11. The maximum atomic E-state index is 11.6. The summed E-state index contributed by atoms with van der Waals surface area (Å²) >= 11 is 0. The summed E-state index contributed by atoms with van der Waals surface area (Å²) in [6.07, 6.45) is 21.2. The topological polar surface area (TPSA) is 17.1 Å². The van der Waals surface area contributed by atoms with E-state index in [9.17, 15) is 4.79 Å². The highest BCUT2D eigenvalue weighted by Gasteiger charge is 1.97. The molecule has 0 aliphatic heterocycles. The molecule has 0 aromatic heterocycles. The number of allylic oxidation sites excluding steroid dienone is 2. The van der Waals surface area contributed by atoms with Gasteiger partial charge in [0, 0.05) is 6.42 Å². The lowest BCUT2D eigenvalue weighted by molar-refractivity contribution is -0.114. The minimum atomic E-state index is 0.325. The number of hydrogen-bond donors (Lipinski definition) is 0. The average molecular weight is 280 g/mol. The second-order valence-corrected chi connectivity index (χ2v) is 5.94. The molecule has 118 valence electrons. The molecular formula is C19H36O. The summed E-state index contributed by atoms with van der Waals surface area (Å²) < 4.78 is 0. The van der Waals surface area contributed by atoms with Gasteiger partial charge in [-0.25, -0.2) is 0 Å². The van der Waals surface area contributed by atoms with E-state index in [-0.39, 0.29) is 0 Å². The Morgan fingerprint density at radius 3 is 1.80 bits per heavy atom. The van der Waals surface area contributed by atoms with Gasteiger partial charge in [0.05, 0.1) is 0 Å². The fourth-order valence-electron chi connectivity index (χ4n) is 2.42. The Balaban J connectivity index is 3.25. The van der Waals surface area contributed by atoms with E-state index in [1.165, 1.54) is 70.6 Å². The first-order valence-corrected chi connectivity index (χ1v) is 9.00. The largest absolute Gasteiger partial charge is 0.295 e. The van der Waals surface area contributed by atoms with Crippen LogP contribution < -0.4 is 0 Å². The maximum Gasteiger partial charge on any atom is 0.155 e. The van der Waals surface area contributed by atoms with Gasteiger partial charge in [-0.2, -0.15) is 0 Å². The smallest absolute Gasteiger partial charge is 0.155 e. The van der Waals surface area contributed by atoms with Crippen molar-refractivity contribution in [2.75, 3.05) is 0 Å². The number of rotatable bonds is 15. The van der Waals surface area contributed by atoms with Crippen LogP contribution in [0.2, 0.25) is 0 Å². The summed E-state index contributed by atoms with van der Waals surface area (Å²) in [7, 11) is 0. The van der Waals surface area contributed by atoms with Crippen LogP contribution in [-0.2, 0) is 4.79 Å². The Morgan fingerprint density at radius 2 is 1.20 bits per heavy atom. The van der Waals surface area contributed by atoms with Crippen LogP contribution in [0.15, 0.2) is 12.2 Å². The third kappa shape index (κ3) is 15.5. The van der Waals surface area contributed by atoms with Crippen molar-refractivity contribution in [2.24, 2.45) is 0 Å². The van der Waals surface area contributed by atoms with Crippen molar-refractivity contribution >= 4 is 5.78 Å². The second-order valence-electron chi connectivity index (χ2n) is 5.94. The predicted octanol–water partition coefficient (Wildman–Crippen LogP) is 6.61. The zero-order valence-electron chi connectivity index (χ0n) is 14.0. The first-order valence-electron chi connectivity index (χ1n) is 9.00. The van der Waals surface area contributed by atoms with E-state index >= 15 is 0 Å². The number of ketones is 1. The minimum Gasteiger partial charge on any atom is -0.295 e. The molecule has 0 saturated heterocycles. The number of carbonyl (C=O) groups excluding carboxylic acids is 1. The molecule has 1 heteroatoms. The highest BCUT2D eigenvalue weighted by atomic mass is 16.1. The van der Waals surface area contributed by atoms with Crippen molar-refractivity contribution in [3.63, 3.8) is 0 Å². The molecule has 0 unspecified atom stereocenters. The van der Waals surface area contributed by atoms with E-state index in [0.717, 1.165) is 19.3 Å². The molecule has 0 atom stereocenters. The normalized spacial score (nSPS) is 11.3. The van der Waals surface area contributed by atoms with Gasteiger partial charge in [-0.3, -0.25) is 4.79 Å². The van der Waals surface area contributed by atoms with Crippen LogP contribution in [0.4, 0.5) is 0 Å². The van der Waals surface area contributed by atoms with Crippen LogP contribution in [0.25, 0.3) is 0 Å². The van der Waals surface area contributed by atoms with Crippen LogP contribution in [-0.4, -0.2) is 5.78 Å². The third-order valence-electron chi connectivity index (χ3n) is 3.80. The Morgan fingerprint density at radius 1 is 0.700 bits per heavy atom. The van der Waals surface area contributed by atoms with E-state index in [1.54, 1.807) is 0 Å². The molecule has 0 aliphatic rings. The van der Waals surface area contributed by atoms with Gasteiger partial charge in [-0.05, 0) is 25.3 Å². The molecule has 0 aromatic rings. The van der Waals surface area contributed by atoms with E-state index in [4.69, 9.17) is 0 Å². The molecule has 0 amide bonds. The number of hydrogen-bond acceptors (Lipinski definition) is 1.